The number of hydrogen-bond donors (Lipinski definition) is 1. The molecule has 5 rings (SSSR count). The van der Waals surface area contributed by atoms with Crippen molar-refractivity contribution in [3.8, 4) is 5.75 Å². The molecule has 3 aliphatic rings. The second kappa shape index (κ2) is 13.0. The number of fused-ring (bicyclic) bond motifs is 1. The van der Waals surface area contributed by atoms with Gasteiger partial charge in [-0.3, -0.25) is 14.4 Å². The highest BCUT2D eigenvalue weighted by atomic mass is 79.9. The van der Waals surface area contributed by atoms with E-state index >= 15 is 0 Å². The Balaban J connectivity index is 1.53. The Morgan fingerprint density at radius 3 is 2.44 bits per heavy atom. The van der Waals surface area contributed by atoms with E-state index in [4.69, 9.17) is 9.47 Å². The molecule has 9 nitrogen and oxygen atoms in total. The molecule has 3 amide bonds. The molecule has 3 fully saturated rings. The fourth-order valence-electron chi connectivity index (χ4n) is 6.94. The summed E-state index contributed by atoms with van der Waals surface area (Å²) in [6.45, 7) is 8.59. The first kappa shape index (κ1) is 31.0. The summed E-state index contributed by atoms with van der Waals surface area (Å²) in [5, 5.41) is 9.68. The van der Waals surface area contributed by atoms with E-state index < -0.39 is 29.6 Å². The van der Waals surface area contributed by atoms with Gasteiger partial charge >= 0.3 is 0 Å². The van der Waals surface area contributed by atoms with Crippen LogP contribution in [0.4, 0.5) is 5.69 Å². The van der Waals surface area contributed by atoms with Crippen LogP contribution >= 0.6 is 15.9 Å². The number of likely N-dealkylation sites (tertiary alicyclic amines) is 1. The van der Waals surface area contributed by atoms with Gasteiger partial charge in [-0.1, -0.05) is 58.4 Å². The predicted octanol–water partition coefficient (Wildman–Crippen LogP) is 3.56. The number of anilines is 1. The van der Waals surface area contributed by atoms with Gasteiger partial charge in [0.15, 0.2) is 0 Å². The van der Waals surface area contributed by atoms with Crippen LogP contribution in [0.5, 0.6) is 5.75 Å². The van der Waals surface area contributed by atoms with Crippen LogP contribution in [0.1, 0.15) is 18.4 Å². The Morgan fingerprint density at radius 2 is 1.81 bits per heavy atom. The van der Waals surface area contributed by atoms with Crippen molar-refractivity contribution < 1.29 is 29.0 Å². The van der Waals surface area contributed by atoms with Crippen molar-refractivity contribution >= 4 is 39.3 Å². The van der Waals surface area contributed by atoms with Gasteiger partial charge in [-0.05, 0) is 42.7 Å². The summed E-state index contributed by atoms with van der Waals surface area (Å²) in [5.74, 6) is -1.78. The Labute approximate surface area is 260 Å². The van der Waals surface area contributed by atoms with Crippen LogP contribution in [0.25, 0.3) is 0 Å². The van der Waals surface area contributed by atoms with Crippen LogP contribution in [0.2, 0.25) is 0 Å². The Kier molecular flexibility index (Phi) is 9.39. The fraction of sp³-hybridized carbons (Fsp3) is 0.424. The molecule has 2 aromatic rings. The highest BCUT2D eigenvalue weighted by molar-refractivity contribution is 9.09. The summed E-state index contributed by atoms with van der Waals surface area (Å²) < 4.78 is 12.0. The van der Waals surface area contributed by atoms with E-state index in [9.17, 15) is 19.5 Å². The third kappa shape index (κ3) is 5.52. The number of nitrogens with zero attached hydrogens (tertiary/aromatic N) is 3. The van der Waals surface area contributed by atoms with E-state index in [0.29, 0.717) is 37.4 Å². The molecule has 0 aromatic heterocycles. The van der Waals surface area contributed by atoms with Gasteiger partial charge in [-0.25, -0.2) is 0 Å². The molecule has 3 unspecified atom stereocenters. The zero-order chi connectivity index (χ0) is 30.7. The largest absolute Gasteiger partial charge is 0.497 e. The lowest BCUT2D eigenvalue weighted by atomic mass is 9.70. The van der Waals surface area contributed by atoms with E-state index in [1.54, 1.807) is 53.3 Å². The topological polar surface area (TPSA) is 99.6 Å². The number of carbonyl (C=O) groups is 3. The number of rotatable bonds is 13. The number of alkyl halides is 1. The molecule has 0 radical (unpaired) electrons. The monoisotopic (exact) mass is 651 g/mol. The maximum atomic E-state index is 14.6. The van der Waals surface area contributed by atoms with Crippen molar-refractivity contribution in [2.75, 3.05) is 38.3 Å². The average Bonchev–Trinajstić information content (AvgIpc) is 3.61. The summed E-state index contributed by atoms with van der Waals surface area (Å²) in [6.07, 6.45) is 3.42. The smallest absolute Gasteiger partial charge is 0.253 e. The minimum Gasteiger partial charge on any atom is -0.497 e. The number of hydrogen-bond acceptors (Lipinski definition) is 6. The van der Waals surface area contributed by atoms with Gasteiger partial charge in [0.05, 0.1) is 25.0 Å². The Hall–Kier alpha value is -3.47. The third-order valence-electron chi connectivity index (χ3n) is 8.70. The fourth-order valence-corrected chi connectivity index (χ4v) is 7.88. The van der Waals surface area contributed by atoms with Crippen LogP contribution in [-0.2, 0) is 25.7 Å². The van der Waals surface area contributed by atoms with Crippen molar-refractivity contribution in [1.82, 2.24) is 9.80 Å². The first-order valence-electron chi connectivity index (χ1n) is 14.5. The molecular formula is C33H38BrN3O6. The van der Waals surface area contributed by atoms with Crippen molar-refractivity contribution in [2.24, 2.45) is 11.8 Å². The molecule has 1 spiro atoms. The van der Waals surface area contributed by atoms with Crippen LogP contribution in [0.15, 0.2) is 79.9 Å². The standard InChI is InChI=1S/C33H38BrN3O6/c1-4-16-35(21-22-10-7-6-8-11-22)30(39)26-27-31(40)37(18-9-19-38)29(33(27)20-25(34)28(26)43-33)32(41)36(17-5-2)23-12-14-24(42-3)15-13-23/h4-8,10-15,25-29,38H,1-2,9,16-21H2,3H3/t25?,26-,27-,28-,29?,33?/m0/s1. The molecule has 6 atom stereocenters. The van der Waals surface area contributed by atoms with Crippen LogP contribution in [0.3, 0.4) is 0 Å². The quantitative estimate of drug-likeness (QED) is 0.263. The minimum absolute atomic E-state index is 0.145. The molecule has 3 aliphatic heterocycles. The molecular weight excluding hydrogens is 614 g/mol. The van der Waals surface area contributed by atoms with Crippen molar-refractivity contribution in [3.05, 3.63) is 85.5 Å². The van der Waals surface area contributed by atoms with Gasteiger partial charge in [-0.15, -0.1) is 13.2 Å². The number of aliphatic hydroxyl groups excluding tert-OH is 1. The highest BCUT2D eigenvalue weighted by Gasteiger charge is 2.76. The molecule has 10 heteroatoms. The molecule has 2 bridgehead atoms. The predicted molar refractivity (Wildman–Crippen MR) is 167 cm³/mol. The molecule has 3 heterocycles. The molecule has 0 saturated carbocycles. The third-order valence-corrected chi connectivity index (χ3v) is 9.55. The van der Waals surface area contributed by atoms with Crippen molar-refractivity contribution in [1.29, 1.82) is 0 Å². The number of benzene rings is 2. The van der Waals surface area contributed by atoms with Gasteiger partial charge in [0, 0.05) is 43.3 Å². The second-order valence-electron chi connectivity index (χ2n) is 11.2. The number of carbonyl (C=O) groups excluding carboxylic acids is 3. The maximum absolute atomic E-state index is 14.6. The summed E-state index contributed by atoms with van der Waals surface area (Å²) >= 11 is 3.75. The molecule has 228 valence electrons. The maximum Gasteiger partial charge on any atom is 0.253 e. The molecule has 2 aromatic carbocycles. The summed E-state index contributed by atoms with van der Waals surface area (Å²) in [6, 6.07) is 15.8. The van der Waals surface area contributed by atoms with Gasteiger partial charge in [0.25, 0.3) is 5.91 Å². The minimum atomic E-state index is -1.21. The lowest BCUT2D eigenvalue weighted by Gasteiger charge is -2.37. The summed E-state index contributed by atoms with van der Waals surface area (Å²) in [4.78, 5) is 47.8. The van der Waals surface area contributed by atoms with Crippen molar-refractivity contribution in [2.45, 2.75) is 42.0 Å². The lowest BCUT2D eigenvalue weighted by molar-refractivity contribution is -0.145. The number of aliphatic hydroxyl groups is 1. The van der Waals surface area contributed by atoms with E-state index in [-0.39, 0.29) is 42.2 Å². The van der Waals surface area contributed by atoms with Gasteiger partial charge < -0.3 is 29.3 Å². The SMILES string of the molecule is C=CCN(Cc1ccccc1)C(=O)[C@H]1[C@H]2C(=O)N(CCCO)C(C(=O)N(CC=C)c3ccc(OC)cc3)C23CC(Br)[C@@H]1O3. The second-order valence-corrected chi connectivity index (χ2v) is 12.4. The zero-order valence-electron chi connectivity index (χ0n) is 24.3. The van der Waals surface area contributed by atoms with Gasteiger partial charge in [0.1, 0.15) is 17.4 Å². The van der Waals surface area contributed by atoms with Gasteiger partial charge in [0.2, 0.25) is 11.8 Å². The van der Waals surface area contributed by atoms with Crippen LogP contribution < -0.4 is 9.64 Å². The van der Waals surface area contributed by atoms with E-state index in [0.717, 1.165) is 5.56 Å². The highest BCUT2D eigenvalue weighted by Crippen LogP contribution is 2.60. The normalized spacial score (nSPS) is 27.1. The molecule has 1 N–H and O–H groups in total. The Bertz CT molecular complexity index is 1350. The van der Waals surface area contributed by atoms with Crippen LogP contribution in [0, 0.1) is 11.8 Å². The Morgan fingerprint density at radius 1 is 1.12 bits per heavy atom. The number of halogens is 1. The number of methoxy groups -OCH3 is 1. The summed E-state index contributed by atoms with van der Waals surface area (Å²) in [7, 11) is 1.57. The molecule has 43 heavy (non-hydrogen) atoms. The van der Waals surface area contributed by atoms with E-state index in [2.05, 4.69) is 29.1 Å². The number of amides is 3. The van der Waals surface area contributed by atoms with Gasteiger partial charge in [-0.2, -0.15) is 0 Å². The number of ether oxygens (including phenoxy) is 2. The van der Waals surface area contributed by atoms with Crippen molar-refractivity contribution in [3.63, 3.8) is 0 Å². The first-order chi connectivity index (χ1) is 20.8. The van der Waals surface area contributed by atoms with E-state index in [1.165, 1.54) is 4.90 Å². The average molecular weight is 653 g/mol. The van der Waals surface area contributed by atoms with Crippen LogP contribution in [-0.4, -0.2) is 88.6 Å². The summed E-state index contributed by atoms with van der Waals surface area (Å²) in [5.41, 5.74) is 0.374. The lowest BCUT2D eigenvalue weighted by Crippen LogP contribution is -2.57. The molecule has 3 saturated heterocycles. The molecule has 0 aliphatic carbocycles. The zero-order valence-corrected chi connectivity index (χ0v) is 25.9. The first-order valence-corrected chi connectivity index (χ1v) is 15.5. The van der Waals surface area contributed by atoms with E-state index in [1.807, 2.05) is 30.3 Å².